The Morgan fingerprint density at radius 2 is 1.06 bits per heavy atom. The number of benzene rings is 4. The van der Waals surface area contributed by atoms with Crippen LogP contribution in [0.1, 0.15) is 31.8 Å². The second-order valence-electron chi connectivity index (χ2n) is 7.48. The van der Waals surface area contributed by atoms with Crippen LogP contribution in [0.3, 0.4) is 0 Å². The molecule has 0 unspecified atom stereocenters. The molecule has 0 heterocycles. The highest BCUT2D eigenvalue weighted by Gasteiger charge is 2.17. The highest BCUT2D eigenvalue weighted by atomic mass is 35.5. The minimum atomic E-state index is -0.753. The van der Waals surface area contributed by atoms with Gasteiger partial charge in [-0.3, -0.25) is 0 Å². The van der Waals surface area contributed by atoms with Gasteiger partial charge >= 0.3 is 11.9 Å². The van der Waals surface area contributed by atoms with Crippen molar-refractivity contribution < 1.29 is 27.8 Å². The van der Waals surface area contributed by atoms with Crippen LogP contribution in [0.2, 0.25) is 10.0 Å². The van der Waals surface area contributed by atoms with E-state index in [4.69, 9.17) is 32.7 Å². The summed E-state index contributed by atoms with van der Waals surface area (Å²) in [5, 5.41) is 0.761. The van der Waals surface area contributed by atoms with Crippen molar-refractivity contribution in [3.8, 4) is 11.5 Å². The van der Waals surface area contributed by atoms with Gasteiger partial charge in [0.15, 0.2) is 0 Å². The molecule has 0 bridgehead atoms. The van der Waals surface area contributed by atoms with Gasteiger partial charge in [-0.25, -0.2) is 18.4 Å². The van der Waals surface area contributed by atoms with E-state index < -0.39 is 23.6 Å². The molecule has 0 aliphatic heterocycles. The van der Waals surface area contributed by atoms with Gasteiger partial charge in [-0.05, 0) is 72.8 Å². The van der Waals surface area contributed by atoms with Crippen LogP contribution in [0.5, 0.6) is 11.5 Å². The lowest BCUT2D eigenvalue weighted by Crippen LogP contribution is -2.12. The van der Waals surface area contributed by atoms with Crippen LogP contribution >= 0.6 is 23.2 Å². The minimum absolute atomic E-state index is 0.0402. The zero-order valence-corrected chi connectivity index (χ0v) is 19.4. The van der Waals surface area contributed by atoms with E-state index in [1.165, 1.54) is 48.5 Å². The molecule has 0 amide bonds. The first-order valence-electron chi connectivity index (χ1n) is 10.3. The van der Waals surface area contributed by atoms with Crippen molar-refractivity contribution in [2.45, 2.75) is 6.42 Å². The molecule has 0 aliphatic carbocycles. The highest BCUT2D eigenvalue weighted by Crippen LogP contribution is 2.31. The average molecular weight is 513 g/mol. The Labute approximate surface area is 209 Å². The molecule has 8 heteroatoms. The second kappa shape index (κ2) is 10.7. The van der Waals surface area contributed by atoms with E-state index in [0.717, 1.165) is 12.1 Å². The molecule has 0 saturated heterocycles. The Kier molecular flexibility index (Phi) is 7.44. The molecule has 35 heavy (non-hydrogen) atoms. The van der Waals surface area contributed by atoms with Crippen LogP contribution in [0.4, 0.5) is 8.78 Å². The largest absolute Gasteiger partial charge is 0.423 e. The van der Waals surface area contributed by atoms with Crippen LogP contribution < -0.4 is 9.47 Å². The summed E-state index contributed by atoms with van der Waals surface area (Å²) in [6.07, 6.45) is 0.124. The van der Waals surface area contributed by atoms with Gasteiger partial charge in [0.25, 0.3) is 0 Å². The summed E-state index contributed by atoms with van der Waals surface area (Å²) in [6, 6.07) is 19.5. The number of carbonyl (C=O) groups excluding carboxylic acids is 2. The Bertz CT molecular complexity index is 1320. The third-order valence-corrected chi connectivity index (χ3v) is 5.42. The molecular weight excluding hydrogens is 497 g/mol. The molecule has 0 spiro atoms. The summed E-state index contributed by atoms with van der Waals surface area (Å²) in [5.41, 5.74) is 1.07. The molecule has 0 saturated carbocycles. The number of halogens is 4. The summed E-state index contributed by atoms with van der Waals surface area (Å²) in [7, 11) is 0. The van der Waals surface area contributed by atoms with Crippen LogP contribution in [-0.4, -0.2) is 11.9 Å². The summed E-state index contributed by atoms with van der Waals surface area (Å²) in [4.78, 5) is 25.1. The molecule has 0 N–H and O–H groups in total. The fraction of sp³-hybridized carbons (Fsp3) is 0.0370. The van der Waals surface area contributed by atoms with E-state index in [9.17, 15) is 18.4 Å². The van der Waals surface area contributed by atoms with Gasteiger partial charge in [-0.1, -0.05) is 35.3 Å². The van der Waals surface area contributed by atoms with E-state index in [1.807, 2.05) is 0 Å². The van der Waals surface area contributed by atoms with Crippen LogP contribution in [-0.2, 0) is 6.42 Å². The topological polar surface area (TPSA) is 52.6 Å². The van der Waals surface area contributed by atoms with Crippen molar-refractivity contribution in [3.05, 3.63) is 129 Å². The summed E-state index contributed by atoms with van der Waals surface area (Å²) in [5.74, 6) is -2.27. The molecule has 0 aliphatic rings. The Morgan fingerprint density at radius 1 is 0.629 bits per heavy atom. The minimum Gasteiger partial charge on any atom is -0.423 e. The number of carbonyl (C=O) groups is 2. The fourth-order valence-electron chi connectivity index (χ4n) is 3.33. The third-order valence-electron chi connectivity index (χ3n) is 4.95. The normalized spacial score (nSPS) is 10.6. The van der Waals surface area contributed by atoms with Gasteiger partial charge in [0, 0.05) is 27.6 Å². The molecule has 4 aromatic carbocycles. The summed E-state index contributed by atoms with van der Waals surface area (Å²) in [6.45, 7) is 0. The van der Waals surface area contributed by atoms with Crippen molar-refractivity contribution in [3.63, 3.8) is 0 Å². The summed E-state index contributed by atoms with van der Waals surface area (Å²) >= 11 is 12.3. The quantitative estimate of drug-likeness (QED) is 0.201. The Hall–Kier alpha value is -3.74. The highest BCUT2D eigenvalue weighted by molar-refractivity contribution is 6.31. The van der Waals surface area contributed by atoms with Gasteiger partial charge in [0.2, 0.25) is 0 Å². The average Bonchev–Trinajstić information content (AvgIpc) is 2.82. The van der Waals surface area contributed by atoms with Crippen molar-refractivity contribution >= 4 is 35.1 Å². The maximum Gasteiger partial charge on any atom is 0.343 e. The van der Waals surface area contributed by atoms with Gasteiger partial charge in [0.1, 0.15) is 23.1 Å². The van der Waals surface area contributed by atoms with Gasteiger partial charge in [-0.2, -0.15) is 0 Å². The Morgan fingerprint density at radius 3 is 1.46 bits per heavy atom. The predicted octanol–water partition coefficient (Wildman–Crippen LogP) is 7.30. The lowest BCUT2D eigenvalue weighted by molar-refractivity contribution is 0.0725. The maximum absolute atomic E-state index is 13.5. The zero-order chi connectivity index (χ0) is 24.9. The molecule has 0 aromatic heterocycles. The zero-order valence-electron chi connectivity index (χ0n) is 17.9. The van der Waals surface area contributed by atoms with Crippen LogP contribution in [0.15, 0.2) is 84.9 Å². The van der Waals surface area contributed by atoms with Gasteiger partial charge in [0.05, 0.1) is 11.1 Å². The smallest absolute Gasteiger partial charge is 0.343 e. The molecule has 0 atom stereocenters. The second-order valence-corrected chi connectivity index (χ2v) is 8.35. The first kappa shape index (κ1) is 24.4. The van der Waals surface area contributed by atoms with E-state index >= 15 is 0 Å². The monoisotopic (exact) mass is 512 g/mol. The third kappa shape index (κ3) is 6.23. The lowest BCUT2D eigenvalue weighted by Gasteiger charge is -2.14. The number of hydrogen-bond donors (Lipinski definition) is 0. The number of rotatable bonds is 6. The van der Waals surface area contributed by atoms with E-state index in [2.05, 4.69) is 0 Å². The molecule has 4 nitrogen and oxygen atoms in total. The van der Waals surface area contributed by atoms with E-state index in [1.54, 1.807) is 24.3 Å². The van der Waals surface area contributed by atoms with E-state index in [-0.39, 0.29) is 29.0 Å². The first-order chi connectivity index (χ1) is 16.8. The van der Waals surface area contributed by atoms with Crippen LogP contribution in [0.25, 0.3) is 0 Å². The molecule has 4 aromatic rings. The molecule has 0 radical (unpaired) electrons. The first-order valence-corrected chi connectivity index (χ1v) is 11.1. The lowest BCUT2D eigenvalue weighted by atomic mass is 10.0. The van der Waals surface area contributed by atoms with Crippen molar-refractivity contribution in [2.24, 2.45) is 0 Å². The van der Waals surface area contributed by atoms with Crippen LogP contribution in [0, 0.1) is 11.6 Å². The maximum atomic E-state index is 13.5. The van der Waals surface area contributed by atoms with Crippen molar-refractivity contribution in [1.29, 1.82) is 0 Å². The van der Waals surface area contributed by atoms with Crippen molar-refractivity contribution in [2.75, 3.05) is 0 Å². The predicted molar refractivity (Wildman–Crippen MR) is 128 cm³/mol. The number of hydrogen-bond acceptors (Lipinski definition) is 4. The fourth-order valence-corrected chi connectivity index (χ4v) is 3.71. The number of ether oxygens (including phenoxy) is 2. The summed E-state index contributed by atoms with van der Waals surface area (Å²) < 4.78 is 38.0. The van der Waals surface area contributed by atoms with Crippen molar-refractivity contribution in [1.82, 2.24) is 0 Å². The molecule has 0 fully saturated rings. The number of esters is 2. The molecule has 176 valence electrons. The van der Waals surface area contributed by atoms with Gasteiger partial charge in [-0.15, -0.1) is 0 Å². The molecule has 4 rings (SSSR count). The molecular formula is C27H16Cl2F2O4. The van der Waals surface area contributed by atoms with E-state index in [0.29, 0.717) is 21.2 Å². The van der Waals surface area contributed by atoms with Gasteiger partial charge < -0.3 is 9.47 Å². The SMILES string of the molecule is O=C(Oc1ccc(Cl)cc1Cc1cc(Cl)ccc1OC(=O)c1cccc(F)c1)c1cccc(F)c1. The Balaban J connectivity index is 1.62. The standard InChI is InChI=1S/C27H16Cl2F2O4/c28-20-7-9-24(34-26(32)16-3-1-5-22(30)14-16)18(12-20)11-19-13-21(29)8-10-25(19)35-27(33)17-4-2-6-23(31)15-17/h1-10,12-15H,11H2.